The van der Waals surface area contributed by atoms with Crippen LogP contribution in [0, 0.1) is 0 Å². The van der Waals surface area contributed by atoms with Gasteiger partial charge in [0.2, 0.25) is 20.0 Å². The number of nitrogens with zero attached hydrogens (tertiary/aromatic N) is 1. The average molecular weight is 471 g/mol. The Morgan fingerprint density at radius 3 is 2.19 bits per heavy atom. The molecule has 0 amide bonds. The normalized spacial score (nSPS) is 15.5. The van der Waals surface area contributed by atoms with E-state index >= 15 is 0 Å². The van der Waals surface area contributed by atoms with Gasteiger partial charge in [0.15, 0.2) is 0 Å². The van der Waals surface area contributed by atoms with Gasteiger partial charge in [-0.2, -0.15) is 4.31 Å². The maximum Gasteiger partial charge on any atom is 0.243 e. The molecular weight excluding hydrogens is 444 g/mol. The number of sulfonamides is 2. The van der Waals surface area contributed by atoms with Gasteiger partial charge < -0.3 is 14.2 Å². The number of hydrogen-bond acceptors (Lipinski definition) is 7. The van der Waals surface area contributed by atoms with Gasteiger partial charge in [0.05, 0.1) is 37.2 Å². The Bertz CT molecular complexity index is 1090. The Labute approximate surface area is 183 Å². The first-order chi connectivity index (χ1) is 14.8. The van der Waals surface area contributed by atoms with E-state index in [1.54, 1.807) is 32.4 Å². The van der Waals surface area contributed by atoms with Crippen LogP contribution in [0.15, 0.2) is 52.3 Å². The number of benzene rings is 2. The maximum atomic E-state index is 12.7. The lowest BCUT2D eigenvalue weighted by molar-refractivity contribution is 0.0730. The van der Waals surface area contributed by atoms with Gasteiger partial charge in [-0.1, -0.05) is 0 Å². The molecule has 0 spiro atoms. The summed E-state index contributed by atoms with van der Waals surface area (Å²) in [5.41, 5.74) is 0.802. The summed E-state index contributed by atoms with van der Waals surface area (Å²) in [7, 11) is -4.39. The van der Waals surface area contributed by atoms with Gasteiger partial charge in [-0.3, -0.25) is 0 Å². The Balaban J connectivity index is 1.67. The quantitative estimate of drug-likeness (QED) is 0.587. The van der Waals surface area contributed by atoms with Crippen molar-refractivity contribution < 1.29 is 31.0 Å². The lowest BCUT2D eigenvalue weighted by atomic mass is 10.1. The summed E-state index contributed by atoms with van der Waals surface area (Å²) in [6.45, 7) is 1.37. The van der Waals surface area contributed by atoms with Crippen LogP contribution in [0.1, 0.15) is 5.56 Å². The lowest BCUT2D eigenvalue weighted by Crippen LogP contribution is -2.40. The second kappa shape index (κ2) is 9.96. The van der Waals surface area contributed by atoms with Gasteiger partial charge in [0.1, 0.15) is 11.5 Å². The van der Waals surface area contributed by atoms with E-state index in [9.17, 15) is 16.8 Å². The van der Waals surface area contributed by atoms with E-state index < -0.39 is 20.0 Å². The molecule has 0 saturated carbocycles. The summed E-state index contributed by atoms with van der Waals surface area (Å²) < 4.78 is 70.1. The smallest absolute Gasteiger partial charge is 0.243 e. The highest BCUT2D eigenvalue weighted by Gasteiger charge is 2.26. The zero-order valence-electron chi connectivity index (χ0n) is 17.4. The zero-order valence-corrected chi connectivity index (χ0v) is 19.0. The fourth-order valence-electron chi connectivity index (χ4n) is 3.21. The molecular formula is C20H26N2O7S2. The van der Waals surface area contributed by atoms with Gasteiger partial charge in [0, 0.05) is 19.6 Å². The molecule has 1 heterocycles. The van der Waals surface area contributed by atoms with Gasteiger partial charge in [0.25, 0.3) is 0 Å². The van der Waals surface area contributed by atoms with Gasteiger partial charge in [-0.15, -0.1) is 0 Å². The number of nitrogens with one attached hydrogen (secondary N) is 1. The fraction of sp³-hybridized carbons (Fsp3) is 0.400. The molecule has 11 heteroatoms. The molecule has 1 fully saturated rings. The molecule has 170 valence electrons. The predicted octanol–water partition coefficient (Wildman–Crippen LogP) is 1.25. The second-order valence-corrected chi connectivity index (χ2v) is 10.5. The van der Waals surface area contributed by atoms with Crippen molar-refractivity contribution in [1.82, 2.24) is 9.03 Å². The molecule has 0 aliphatic carbocycles. The Morgan fingerprint density at radius 2 is 1.58 bits per heavy atom. The van der Waals surface area contributed by atoms with Crippen LogP contribution in [0.3, 0.4) is 0 Å². The van der Waals surface area contributed by atoms with Crippen molar-refractivity contribution in [3.05, 3.63) is 48.0 Å². The molecule has 2 aromatic rings. The number of morpholine rings is 1. The Morgan fingerprint density at radius 1 is 0.935 bits per heavy atom. The molecule has 31 heavy (non-hydrogen) atoms. The predicted molar refractivity (Wildman–Crippen MR) is 114 cm³/mol. The molecule has 9 nitrogen and oxygen atoms in total. The molecule has 0 bridgehead atoms. The Hall–Kier alpha value is -2.18. The molecule has 1 aliphatic heterocycles. The van der Waals surface area contributed by atoms with Crippen molar-refractivity contribution in [3.63, 3.8) is 0 Å². The van der Waals surface area contributed by atoms with E-state index in [4.69, 9.17) is 14.2 Å². The topological polar surface area (TPSA) is 111 Å². The van der Waals surface area contributed by atoms with E-state index in [-0.39, 0.29) is 29.4 Å². The minimum absolute atomic E-state index is 0.00830. The molecule has 0 radical (unpaired) electrons. The average Bonchev–Trinajstić information content (AvgIpc) is 2.79. The molecule has 1 saturated heterocycles. The van der Waals surface area contributed by atoms with Crippen LogP contribution in [0.5, 0.6) is 11.5 Å². The van der Waals surface area contributed by atoms with Crippen LogP contribution in [-0.4, -0.2) is 68.2 Å². The largest absolute Gasteiger partial charge is 0.497 e. The first-order valence-electron chi connectivity index (χ1n) is 9.66. The highest BCUT2D eigenvalue weighted by Crippen LogP contribution is 2.24. The van der Waals surface area contributed by atoms with E-state index in [0.717, 1.165) is 5.56 Å². The molecule has 0 unspecified atom stereocenters. The monoisotopic (exact) mass is 470 g/mol. The second-order valence-electron chi connectivity index (χ2n) is 6.81. The summed E-state index contributed by atoms with van der Waals surface area (Å²) in [4.78, 5) is 0.0421. The van der Waals surface area contributed by atoms with Crippen molar-refractivity contribution >= 4 is 20.0 Å². The minimum atomic E-state index is -3.80. The van der Waals surface area contributed by atoms with Crippen LogP contribution < -0.4 is 14.2 Å². The highest BCUT2D eigenvalue weighted by molar-refractivity contribution is 7.89. The number of hydrogen-bond donors (Lipinski definition) is 1. The van der Waals surface area contributed by atoms with Crippen molar-refractivity contribution in [3.8, 4) is 11.5 Å². The van der Waals surface area contributed by atoms with Crippen LogP contribution in [-0.2, 0) is 31.2 Å². The number of methoxy groups -OCH3 is 2. The van der Waals surface area contributed by atoms with Crippen molar-refractivity contribution in [1.29, 1.82) is 0 Å². The first kappa shape index (κ1) is 23.5. The summed E-state index contributed by atoms with van der Waals surface area (Å²) in [6.07, 6.45) is 0.392. The van der Waals surface area contributed by atoms with E-state index in [2.05, 4.69) is 4.72 Å². The zero-order chi connectivity index (χ0) is 22.5. The third-order valence-electron chi connectivity index (χ3n) is 4.92. The van der Waals surface area contributed by atoms with E-state index in [1.807, 2.05) is 0 Å². The number of ether oxygens (including phenoxy) is 3. The van der Waals surface area contributed by atoms with Gasteiger partial charge in [-0.05, 0) is 54.4 Å². The van der Waals surface area contributed by atoms with Crippen LogP contribution >= 0.6 is 0 Å². The summed E-state index contributed by atoms with van der Waals surface area (Å²) >= 11 is 0. The molecule has 3 rings (SSSR count). The molecule has 0 aromatic heterocycles. The van der Waals surface area contributed by atoms with E-state index in [0.29, 0.717) is 31.1 Å². The maximum absolute atomic E-state index is 12.7. The SMILES string of the molecule is COc1ccc(OC)c(CCNS(=O)(=O)c2ccc(S(=O)(=O)N3CCOCC3)cc2)c1. The first-order valence-corrected chi connectivity index (χ1v) is 12.6. The van der Waals surface area contributed by atoms with Crippen molar-refractivity contribution in [2.24, 2.45) is 0 Å². The van der Waals surface area contributed by atoms with Gasteiger partial charge in [-0.25, -0.2) is 21.6 Å². The summed E-state index contributed by atoms with van der Waals surface area (Å²) in [5.74, 6) is 1.29. The van der Waals surface area contributed by atoms with Gasteiger partial charge >= 0.3 is 0 Å². The number of rotatable bonds is 9. The summed E-state index contributed by atoms with van der Waals surface area (Å²) in [6, 6.07) is 10.5. The van der Waals surface area contributed by atoms with Crippen molar-refractivity contribution in [2.75, 3.05) is 47.1 Å². The van der Waals surface area contributed by atoms with E-state index in [1.165, 1.54) is 28.6 Å². The minimum Gasteiger partial charge on any atom is -0.497 e. The van der Waals surface area contributed by atoms with Crippen molar-refractivity contribution in [2.45, 2.75) is 16.2 Å². The fourth-order valence-corrected chi connectivity index (χ4v) is 5.65. The van der Waals surface area contributed by atoms with Crippen LogP contribution in [0.4, 0.5) is 0 Å². The molecule has 0 atom stereocenters. The third-order valence-corrected chi connectivity index (χ3v) is 8.31. The van der Waals surface area contributed by atoms with Crippen LogP contribution in [0.2, 0.25) is 0 Å². The Kier molecular flexibility index (Phi) is 7.55. The highest BCUT2D eigenvalue weighted by atomic mass is 32.2. The summed E-state index contributed by atoms with van der Waals surface area (Å²) in [5, 5.41) is 0. The van der Waals surface area contributed by atoms with Crippen LogP contribution in [0.25, 0.3) is 0 Å². The standard InChI is InChI=1S/C20H26N2O7S2/c1-27-17-3-8-20(28-2)16(15-17)9-10-21-30(23,24)18-4-6-19(7-5-18)31(25,26)22-11-13-29-14-12-22/h3-8,15,21H,9-14H2,1-2H3. The molecule has 1 N–H and O–H groups in total. The molecule has 1 aliphatic rings. The molecule has 2 aromatic carbocycles. The third kappa shape index (κ3) is 5.55. The lowest BCUT2D eigenvalue weighted by Gasteiger charge is -2.26.